The van der Waals surface area contributed by atoms with Gasteiger partial charge < -0.3 is 14.9 Å². The third-order valence-corrected chi connectivity index (χ3v) is 4.98. The zero-order valence-electron chi connectivity index (χ0n) is 15.3. The fourth-order valence-electron chi connectivity index (χ4n) is 2.82. The number of phenols is 1. The minimum Gasteiger partial charge on any atom is -0.507 e. The van der Waals surface area contributed by atoms with Crippen LogP contribution in [0, 0.1) is 13.8 Å². The van der Waals surface area contributed by atoms with Crippen molar-refractivity contribution < 1.29 is 19.7 Å². The molecule has 3 aromatic carbocycles. The second-order valence-corrected chi connectivity index (χ2v) is 7.35. The Hall–Kier alpha value is -2.69. The van der Waals surface area contributed by atoms with Gasteiger partial charge in [0.1, 0.15) is 11.5 Å². The largest absolute Gasteiger partial charge is 0.507 e. The van der Waals surface area contributed by atoms with Crippen molar-refractivity contribution in [3.8, 4) is 28.4 Å². The maximum Gasteiger partial charge on any atom is 0.307 e. The number of aryl methyl sites for hydroxylation is 2. The van der Waals surface area contributed by atoms with Gasteiger partial charge >= 0.3 is 5.97 Å². The number of hydrogen-bond donors (Lipinski definition) is 2. The first kappa shape index (κ1) is 20.1. The Bertz CT molecular complexity index is 1040. The summed E-state index contributed by atoms with van der Waals surface area (Å²) in [6.07, 6.45) is -0.185. The fourth-order valence-corrected chi connectivity index (χ4v) is 3.43. The summed E-state index contributed by atoms with van der Waals surface area (Å²) in [5.74, 6) is -0.169. The molecule has 0 spiro atoms. The molecule has 0 bridgehead atoms. The van der Waals surface area contributed by atoms with Crippen LogP contribution >= 0.6 is 23.2 Å². The number of hydrogen-bond acceptors (Lipinski definition) is 3. The van der Waals surface area contributed by atoms with Gasteiger partial charge in [0.15, 0.2) is 5.75 Å². The van der Waals surface area contributed by atoms with E-state index in [1.165, 1.54) is 12.1 Å². The number of benzene rings is 3. The van der Waals surface area contributed by atoms with Gasteiger partial charge in [0.2, 0.25) is 0 Å². The van der Waals surface area contributed by atoms with Crippen LogP contribution in [0.3, 0.4) is 0 Å². The van der Waals surface area contributed by atoms with E-state index in [1.54, 1.807) is 18.2 Å². The van der Waals surface area contributed by atoms with Crippen LogP contribution in [0.4, 0.5) is 0 Å². The minimum atomic E-state index is -0.975. The van der Waals surface area contributed by atoms with E-state index in [4.69, 9.17) is 33.0 Å². The highest BCUT2D eigenvalue weighted by atomic mass is 35.5. The average molecular weight is 417 g/mol. The lowest BCUT2D eigenvalue weighted by Gasteiger charge is -2.13. The maximum atomic E-state index is 10.9. The van der Waals surface area contributed by atoms with Crippen LogP contribution in [0.5, 0.6) is 17.2 Å². The van der Waals surface area contributed by atoms with Crippen LogP contribution in [-0.2, 0) is 11.2 Å². The molecule has 0 fully saturated rings. The van der Waals surface area contributed by atoms with Gasteiger partial charge in [-0.3, -0.25) is 4.79 Å². The lowest BCUT2D eigenvalue weighted by Crippen LogP contribution is -2.00. The molecule has 0 saturated carbocycles. The molecule has 2 N–H and O–H groups in total. The molecule has 0 aliphatic heterocycles. The molecule has 6 heteroatoms. The molecule has 4 nitrogen and oxygen atoms in total. The number of aromatic hydroxyl groups is 1. The zero-order valence-corrected chi connectivity index (χ0v) is 16.8. The number of carboxylic acid groups (broad SMARTS) is 1. The van der Waals surface area contributed by atoms with E-state index in [1.807, 2.05) is 32.0 Å². The minimum absolute atomic E-state index is 0.129. The molecule has 0 heterocycles. The van der Waals surface area contributed by atoms with E-state index in [9.17, 15) is 9.90 Å². The van der Waals surface area contributed by atoms with Gasteiger partial charge in [-0.1, -0.05) is 41.4 Å². The molecule has 0 aliphatic carbocycles. The molecular formula is C22H18Cl2O4. The molecular weight excluding hydrogens is 399 g/mol. The molecule has 0 aromatic heterocycles. The van der Waals surface area contributed by atoms with Crippen LogP contribution in [0.1, 0.15) is 16.7 Å². The number of halogens is 2. The number of carboxylic acids is 1. The van der Waals surface area contributed by atoms with Crippen molar-refractivity contribution in [1.29, 1.82) is 0 Å². The summed E-state index contributed by atoms with van der Waals surface area (Å²) in [4.78, 5) is 10.9. The van der Waals surface area contributed by atoms with Crippen LogP contribution in [0.25, 0.3) is 11.1 Å². The van der Waals surface area contributed by atoms with Crippen LogP contribution in [0.15, 0.2) is 48.5 Å². The normalized spacial score (nSPS) is 10.7. The number of ether oxygens (including phenoxy) is 1. The van der Waals surface area contributed by atoms with E-state index in [2.05, 4.69) is 0 Å². The molecule has 0 saturated heterocycles. The molecule has 0 aliphatic rings. The lowest BCUT2D eigenvalue weighted by molar-refractivity contribution is -0.136. The van der Waals surface area contributed by atoms with Crippen LogP contribution in [0.2, 0.25) is 10.0 Å². The highest BCUT2D eigenvalue weighted by molar-refractivity contribution is 6.37. The Kier molecular flexibility index (Phi) is 5.82. The van der Waals surface area contributed by atoms with Crippen molar-refractivity contribution in [1.82, 2.24) is 0 Å². The summed E-state index contributed by atoms with van der Waals surface area (Å²) in [6.45, 7) is 4.03. The third kappa shape index (κ3) is 4.41. The molecule has 28 heavy (non-hydrogen) atoms. The summed E-state index contributed by atoms with van der Waals surface area (Å²) in [6, 6.07) is 13.8. The second kappa shape index (κ2) is 8.13. The number of aliphatic carboxylic acids is 1. The van der Waals surface area contributed by atoms with E-state index < -0.39 is 5.97 Å². The first-order valence-corrected chi connectivity index (χ1v) is 9.28. The highest BCUT2D eigenvalue weighted by Crippen LogP contribution is 2.40. The Balaban J connectivity index is 1.95. The molecule has 0 atom stereocenters. The van der Waals surface area contributed by atoms with Gasteiger partial charge in [-0.2, -0.15) is 0 Å². The Labute approximate surface area is 172 Å². The molecule has 0 amide bonds. The standard InChI is InChI=1S/C22H18Cl2O4/c1-12-3-4-15(7-13(12)2)17-11-16(5-6-20(17)25)28-22-18(23)8-14(9-19(22)24)10-21(26)27/h3-9,11,25H,10H2,1-2H3,(H,26,27). The predicted molar refractivity (Wildman–Crippen MR) is 111 cm³/mol. The summed E-state index contributed by atoms with van der Waals surface area (Å²) in [7, 11) is 0. The van der Waals surface area contributed by atoms with E-state index in [0.29, 0.717) is 16.9 Å². The Morgan fingerprint density at radius 1 is 0.964 bits per heavy atom. The predicted octanol–water partition coefficient (Wildman–Crippen LogP) is 6.40. The number of phenolic OH excluding ortho intramolecular Hbond substituents is 1. The van der Waals surface area contributed by atoms with Crippen molar-refractivity contribution >= 4 is 29.2 Å². The quantitative estimate of drug-likeness (QED) is 0.504. The first-order valence-electron chi connectivity index (χ1n) is 8.53. The van der Waals surface area contributed by atoms with Crippen molar-refractivity contribution in [2.45, 2.75) is 20.3 Å². The smallest absolute Gasteiger partial charge is 0.307 e. The van der Waals surface area contributed by atoms with Crippen molar-refractivity contribution in [3.63, 3.8) is 0 Å². The van der Waals surface area contributed by atoms with Gasteiger partial charge in [-0.15, -0.1) is 0 Å². The van der Waals surface area contributed by atoms with Gasteiger partial charge in [0.25, 0.3) is 0 Å². The summed E-state index contributed by atoms with van der Waals surface area (Å²) >= 11 is 12.5. The van der Waals surface area contributed by atoms with Gasteiger partial charge in [-0.05, 0) is 66.4 Å². The molecule has 3 aromatic rings. The topological polar surface area (TPSA) is 66.8 Å². The fraction of sp³-hybridized carbons (Fsp3) is 0.136. The first-order chi connectivity index (χ1) is 13.2. The SMILES string of the molecule is Cc1ccc(-c2cc(Oc3c(Cl)cc(CC(=O)O)cc3Cl)ccc2O)cc1C. The van der Waals surface area contributed by atoms with Crippen molar-refractivity contribution in [2.24, 2.45) is 0 Å². The summed E-state index contributed by atoms with van der Waals surface area (Å²) in [5.41, 5.74) is 4.24. The third-order valence-electron chi connectivity index (χ3n) is 4.42. The van der Waals surface area contributed by atoms with Crippen LogP contribution in [-0.4, -0.2) is 16.2 Å². The lowest BCUT2D eigenvalue weighted by atomic mass is 9.99. The molecule has 0 radical (unpaired) electrons. The molecule has 0 unspecified atom stereocenters. The second-order valence-electron chi connectivity index (χ2n) is 6.54. The molecule has 144 valence electrons. The number of rotatable bonds is 5. The summed E-state index contributed by atoms with van der Waals surface area (Å²) < 4.78 is 5.85. The van der Waals surface area contributed by atoms with Crippen LogP contribution < -0.4 is 4.74 Å². The van der Waals surface area contributed by atoms with E-state index >= 15 is 0 Å². The molecule has 3 rings (SSSR count). The van der Waals surface area contributed by atoms with Gasteiger partial charge in [-0.25, -0.2) is 0 Å². The summed E-state index contributed by atoms with van der Waals surface area (Å²) in [5, 5.41) is 19.6. The van der Waals surface area contributed by atoms with Crippen molar-refractivity contribution in [2.75, 3.05) is 0 Å². The van der Waals surface area contributed by atoms with Crippen molar-refractivity contribution in [3.05, 3.63) is 75.3 Å². The average Bonchev–Trinajstić information content (AvgIpc) is 2.61. The Morgan fingerprint density at radius 2 is 1.64 bits per heavy atom. The maximum absolute atomic E-state index is 10.9. The van der Waals surface area contributed by atoms with Gasteiger partial charge in [0.05, 0.1) is 16.5 Å². The number of carbonyl (C=O) groups is 1. The Morgan fingerprint density at radius 3 is 2.25 bits per heavy atom. The van der Waals surface area contributed by atoms with Gasteiger partial charge in [0, 0.05) is 5.56 Å². The highest BCUT2D eigenvalue weighted by Gasteiger charge is 2.14. The van der Waals surface area contributed by atoms with E-state index in [0.717, 1.165) is 16.7 Å². The monoisotopic (exact) mass is 416 g/mol. The van der Waals surface area contributed by atoms with E-state index in [-0.39, 0.29) is 28.0 Å². The zero-order chi connectivity index (χ0) is 20.4.